The summed E-state index contributed by atoms with van der Waals surface area (Å²) in [4.78, 5) is 35.4. The third-order valence-electron chi connectivity index (χ3n) is 15.9. The van der Waals surface area contributed by atoms with Crippen molar-refractivity contribution in [3.05, 3.63) is 158 Å². The summed E-state index contributed by atoms with van der Waals surface area (Å²) in [6, 6.07) is 0. The first-order valence-corrected chi connectivity index (χ1v) is 39.5. The fourth-order valence-electron chi connectivity index (χ4n) is 10.4. The summed E-state index contributed by atoms with van der Waals surface area (Å²) in [5.41, 5.74) is 5.41. The Labute approximate surface area is 572 Å². The van der Waals surface area contributed by atoms with Crippen LogP contribution in [0.25, 0.3) is 0 Å². The SMILES string of the molecule is CC/C=C\C/C=C\C/C=C\C/C=C\C/C=C\C/C=C\C/C=C\C/C=C\C/C=C\CCCCCCCCCCCC(=O)OC(COC(=O)CCCCCCCCCCCCCCCCCCCCCCCC/C=C\C/C=C\C/C=C\C/C=C\CC)COP(=O)(O)OCCN. The number of esters is 2. The van der Waals surface area contributed by atoms with E-state index in [0.29, 0.717) is 6.42 Å². The van der Waals surface area contributed by atoms with Crippen LogP contribution in [0.2, 0.25) is 0 Å². The number of phosphoric acid groups is 1. The highest BCUT2D eigenvalue weighted by Gasteiger charge is 2.26. The highest BCUT2D eigenvalue weighted by molar-refractivity contribution is 7.47. The topological polar surface area (TPSA) is 134 Å². The number of carbonyl (C=O) groups is 2. The van der Waals surface area contributed by atoms with Crippen molar-refractivity contribution in [1.29, 1.82) is 0 Å². The number of rotatable bonds is 70. The third kappa shape index (κ3) is 76.5. The molecule has 0 fully saturated rings. The molecule has 0 aromatic heterocycles. The molecule has 0 aromatic carbocycles. The number of hydrogen-bond donors (Lipinski definition) is 2. The molecule has 0 heterocycles. The lowest BCUT2D eigenvalue weighted by molar-refractivity contribution is -0.161. The summed E-state index contributed by atoms with van der Waals surface area (Å²) in [5.74, 6) is -0.831. The Morgan fingerprint density at radius 2 is 0.559 bits per heavy atom. The van der Waals surface area contributed by atoms with Crippen LogP contribution in [-0.4, -0.2) is 49.3 Å². The maximum atomic E-state index is 12.8. The molecule has 10 heteroatoms. The van der Waals surface area contributed by atoms with Crippen LogP contribution in [0.1, 0.15) is 322 Å². The fourth-order valence-corrected chi connectivity index (χ4v) is 11.2. The smallest absolute Gasteiger partial charge is 0.462 e. The molecule has 0 rings (SSSR count). The van der Waals surface area contributed by atoms with Gasteiger partial charge >= 0.3 is 19.8 Å². The molecule has 3 N–H and O–H groups in total. The molecule has 0 spiro atoms. The number of carbonyl (C=O) groups excluding carboxylic acids is 2. The van der Waals surface area contributed by atoms with E-state index in [-0.39, 0.29) is 38.6 Å². The van der Waals surface area contributed by atoms with Crippen LogP contribution in [0, 0.1) is 0 Å². The van der Waals surface area contributed by atoms with E-state index in [9.17, 15) is 19.0 Å². The zero-order chi connectivity index (χ0) is 67.2. The lowest BCUT2D eigenvalue weighted by Crippen LogP contribution is -2.29. The zero-order valence-electron chi connectivity index (χ0n) is 59.7. The summed E-state index contributed by atoms with van der Waals surface area (Å²) in [6.45, 7) is 3.53. The second-order valence-electron chi connectivity index (χ2n) is 24.8. The minimum atomic E-state index is -4.41. The van der Waals surface area contributed by atoms with Crippen LogP contribution < -0.4 is 5.73 Å². The first-order valence-electron chi connectivity index (χ1n) is 38.0. The molecule has 0 bridgehead atoms. The average molecular weight is 1310 g/mol. The Kier molecular flexibility index (Phi) is 73.0. The van der Waals surface area contributed by atoms with Crippen LogP contribution in [0.4, 0.5) is 0 Å². The predicted molar refractivity (Wildman–Crippen MR) is 403 cm³/mol. The van der Waals surface area contributed by atoms with Crippen LogP contribution in [0.5, 0.6) is 0 Å². The molecule has 93 heavy (non-hydrogen) atoms. The molecular weight excluding hydrogens is 1170 g/mol. The van der Waals surface area contributed by atoms with Crippen molar-refractivity contribution < 1.29 is 37.6 Å². The number of phosphoric ester groups is 1. The molecule has 0 radical (unpaired) electrons. The highest BCUT2D eigenvalue weighted by Crippen LogP contribution is 2.43. The Bertz CT molecular complexity index is 2090. The molecule has 0 aliphatic heterocycles. The molecule has 9 nitrogen and oxygen atoms in total. The predicted octanol–water partition coefficient (Wildman–Crippen LogP) is 25.5. The van der Waals surface area contributed by atoms with Gasteiger partial charge in [-0.3, -0.25) is 18.6 Å². The first kappa shape index (κ1) is 88.6. The van der Waals surface area contributed by atoms with Crippen LogP contribution in [0.3, 0.4) is 0 Å². The van der Waals surface area contributed by atoms with E-state index in [2.05, 4.69) is 172 Å². The minimum Gasteiger partial charge on any atom is -0.462 e. The number of unbranched alkanes of at least 4 members (excludes halogenated alkanes) is 31. The van der Waals surface area contributed by atoms with Crippen molar-refractivity contribution in [3.8, 4) is 0 Å². The number of nitrogens with two attached hydrogens (primary N) is 1. The fraction of sp³-hybridized carbons (Fsp3) is 0.663. The van der Waals surface area contributed by atoms with Gasteiger partial charge < -0.3 is 20.1 Å². The zero-order valence-corrected chi connectivity index (χ0v) is 60.6. The Balaban J connectivity index is 3.89. The molecule has 0 saturated heterocycles. The number of hydrogen-bond acceptors (Lipinski definition) is 8. The average Bonchev–Trinajstić information content (AvgIpc) is 3.04. The molecule has 2 atom stereocenters. The second kappa shape index (κ2) is 76.6. The first-order chi connectivity index (χ1) is 45.8. The Morgan fingerprint density at radius 1 is 0.323 bits per heavy atom. The van der Waals surface area contributed by atoms with Crippen molar-refractivity contribution in [2.45, 2.75) is 328 Å². The minimum absolute atomic E-state index is 0.0469. The quantitative estimate of drug-likeness (QED) is 0.0264. The van der Waals surface area contributed by atoms with Gasteiger partial charge in [-0.25, -0.2) is 4.57 Å². The van der Waals surface area contributed by atoms with Gasteiger partial charge in [0, 0.05) is 19.4 Å². The summed E-state index contributed by atoms with van der Waals surface area (Å²) >= 11 is 0. The second-order valence-corrected chi connectivity index (χ2v) is 26.2. The standard InChI is InChI=1S/C83H140NO8P/c1-3-5-7-9-11-13-15-17-19-21-23-25-27-29-31-33-35-37-39-40-42-44-46-48-50-52-54-56-58-60-62-64-66-68-70-72-74-76-83(86)92-81(80-91-93(87,88)90-78-77-84)79-89-82(85)75-73-71-69-67-65-63-61-59-57-55-53-51-49-47-45-43-41-38-36-34-32-30-28-26-24-22-20-18-16-14-12-10-8-6-4-2/h5-8,11-14,17-20,23-26,29,31,35,37,40,42,46,48,52,54,81H,3-4,9-10,15-16,21-22,27-28,30,32-34,36,38-39,41,43-45,47,49-51,53,55-80,84H2,1-2H3,(H,87,88)/b7-5-,8-6-,13-11-,14-12-,19-17-,20-18-,25-23-,26-24-,31-29-,37-35-,42-40-,48-46-,54-52-. The monoisotopic (exact) mass is 1310 g/mol. The summed E-state index contributed by atoms with van der Waals surface area (Å²) < 4.78 is 33.2. The molecule has 0 aliphatic rings. The van der Waals surface area contributed by atoms with Gasteiger partial charge in [0.1, 0.15) is 6.61 Å². The van der Waals surface area contributed by atoms with Crippen LogP contribution in [-0.2, 0) is 32.7 Å². The van der Waals surface area contributed by atoms with E-state index >= 15 is 0 Å². The van der Waals surface area contributed by atoms with Crippen molar-refractivity contribution in [3.63, 3.8) is 0 Å². The molecule has 0 aliphatic carbocycles. The van der Waals surface area contributed by atoms with Gasteiger partial charge in [-0.15, -0.1) is 0 Å². The van der Waals surface area contributed by atoms with Crippen LogP contribution in [0.15, 0.2) is 158 Å². The molecular formula is C83H140NO8P. The van der Waals surface area contributed by atoms with Gasteiger partial charge in [0.25, 0.3) is 0 Å². The molecule has 530 valence electrons. The van der Waals surface area contributed by atoms with E-state index in [0.717, 1.165) is 128 Å². The van der Waals surface area contributed by atoms with Gasteiger partial charge in [0.2, 0.25) is 0 Å². The van der Waals surface area contributed by atoms with E-state index in [4.69, 9.17) is 24.3 Å². The Hall–Kier alpha value is -4.37. The lowest BCUT2D eigenvalue weighted by Gasteiger charge is -2.19. The largest absolute Gasteiger partial charge is 0.472 e. The van der Waals surface area contributed by atoms with Gasteiger partial charge in [0.15, 0.2) is 6.10 Å². The van der Waals surface area contributed by atoms with Gasteiger partial charge in [-0.2, -0.15) is 0 Å². The summed E-state index contributed by atoms with van der Waals surface area (Å²) in [5, 5.41) is 0. The molecule has 0 amide bonds. The summed E-state index contributed by atoms with van der Waals surface area (Å²) in [7, 11) is -4.41. The van der Waals surface area contributed by atoms with E-state index in [1.54, 1.807) is 0 Å². The van der Waals surface area contributed by atoms with Crippen molar-refractivity contribution in [1.82, 2.24) is 0 Å². The van der Waals surface area contributed by atoms with Crippen molar-refractivity contribution in [2.24, 2.45) is 5.73 Å². The molecule has 0 saturated carbocycles. The van der Waals surface area contributed by atoms with Crippen molar-refractivity contribution in [2.75, 3.05) is 26.4 Å². The third-order valence-corrected chi connectivity index (χ3v) is 16.9. The summed E-state index contributed by atoms with van der Waals surface area (Å²) in [6.07, 6.45) is 112. The van der Waals surface area contributed by atoms with Crippen molar-refractivity contribution >= 4 is 19.8 Å². The Morgan fingerprint density at radius 3 is 0.828 bits per heavy atom. The maximum absolute atomic E-state index is 12.8. The number of ether oxygens (including phenoxy) is 2. The van der Waals surface area contributed by atoms with Crippen LogP contribution >= 0.6 is 7.82 Å². The van der Waals surface area contributed by atoms with Gasteiger partial charge in [-0.05, 0) is 122 Å². The van der Waals surface area contributed by atoms with E-state index in [1.807, 2.05) is 0 Å². The molecule has 2 unspecified atom stereocenters. The van der Waals surface area contributed by atoms with E-state index in [1.165, 1.54) is 161 Å². The lowest BCUT2D eigenvalue weighted by atomic mass is 10.0. The maximum Gasteiger partial charge on any atom is 0.472 e. The van der Waals surface area contributed by atoms with Gasteiger partial charge in [-0.1, -0.05) is 345 Å². The van der Waals surface area contributed by atoms with E-state index < -0.39 is 26.5 Å². The normalized spacial score (nSPS) is 13.8. The molecule has 0 aromatic rings. The number of allylic oxidation sites excluding steroid dienone is 26. The van der Waals surface area contributed by atoms with Gasteiger partial charge in [0.05, 0.1) is 13.2 Å². The highest BCUT2D eigenvalue weighted by atomic mass is 31.2.